The summed E-state index contributed by atoms with van der Waals surface area (Å²) in [5.74, 6) is -12.1. The second kappa shape index (κ2) is 10.2. The Bertz CT molecular complexity index is 1310. The van der Waals surface area contributed by atoms with Gasteiger partial charge in [-0.3, -0.25) is 28.8 Å². The molecule has 10 nitrogen and oxygen atoms in total. The SMILES string of the molecule is CC(C)[C@@H]1C(=O)C(C(N)=O)C(=O)[C@@]2(O)C(=O)C3C(=O)c4c(O)ccc(CNC(=O)CCC(C)(C)C)c4C[C@H]3C[C@@H]12. The highest BCUT2D eigenvalue weighted by Crippen LogP contribution is 2.53. The molecule has 1 aromatic rings. The smallest absolute Gasteiger partial charge is 0.235 e. The number of ketones is 4. The summed E-state index contributed by atoms with van der Waals surface area (Å²) in [5, 5.41) is 25.1. The number of Topliss-reactive ketones (excluding diaryl/α,β-unsaturated/α-hetero) is 4. The van der Waals surface area contributed by atoms with Crippen LogP contribution in [-0.2, 0) is 36.9 Å². The lowest BCUT2D eigenvalue weighted by Crippen LogP contribution is -2.71. The van der Waals surface area contributed by atoms with Gasteiger partial charge in [-0.15, -0.1) is 0 Å². The van der Waals surface area contributed by atoms with Gasteiger partial charge in [-0.2, -0.15) is 0 Å². The molecule has 4 rings (SSSR count). The van der Waals surface area contributed by atoms with Crippen LogP contribution >= 0.6 is 0 Å². The average Bonchev–Trinajstić information content (AvgIpc) is 2.83. The molecule has 6 atom stereocenters. The van der Waals surface area contributed by atoms with E-state index in [1.165, 1.54) is 6.07 Å². The van der Waals surface area contributed by atoms with Crippen molar-refractivity contribution in [3.8, 4) is 5.75 Å². The number of carbonyl (C=O) groups is 6. The van der Waals surface area contributed by atoms with Crippen LogP contribution in [0, 0.1) is 40.9 Å². The number of aromatic hydroxyl groups is 1. The van der Waals surface area contributed by atoms with E-state index in [0.717, 1.165) is 0 Å². The van der Waals surface area contributed by atoms with Gasteiger partial charge in [0.25, 0.3) is 0 Å². The number of benzene rings is 1. The van der Waals surface area contributed by atoms with Crippen LogP contribution < -0.4 is 11.1 Å². The minimum atomic E-state index is -2.72. The van der Waals surface area contributed by atoms with Crippen molar-refractivity contribution in [2.75, 3.05) is 0 Å². The van der Waals surface area contributed by atoms with Crippen LogP contribution in [0.3, 0.4) is 0 Å². The summed E-state index contributed by atoms with van der Waals surface area (Å²) in [6.07, 6.45) is 1.19. The molecular weight excluding hydrogens is 516 g/mol. The van der Waals surface area contributed by atoms with Crippen molar-refractivity contribution in [1.82, 2.24) is 5.32 Å². The fourth-order valence-electron chi connectivity index (χ4n) is 6.85. The quantitative estimate of drug-likeness (QED) is 0.383. The number of nitrogens with one attached hydrogen (secondary N) is 1. The van der Waals surface area contributed by atoms with Crippen LogP contribution in [0.25, 0.3) is 0 Å². The van der Waals surface area contributed by atoms with Crippen LogP contribution in [0.4, 0.5) is 0 Å². The number of amides is 2. The van der Waals surface area contributed by atoms with Crippen LogP contribution in [0.2, 0.25) is 0 Å². The molecule has 0 spiro atoms. The normalized spacial score (nSPS) is 30.0. The van der Waals surface area contributed by atoms with Gasteiger partial charge in [0.15, 0.2) is 34.7 Å². The number of primary amides is 1. The summed E-state index contributed by atoms with van der Waals surface area (Å²) in [5.41, 5.74) is 3.64. The van der Waals surface area contributed by atoms with E-state index in [0.29, 0.717) is 24.0 Å². The Kier molecular flexibility index (Phi) is 7.55. The molecule has 216 valence electrons. The van der Waals surface area contributed by atoms with Crippen molar-refractivity contribution in [2.24, 2.45) is 46.7 Å². The highest BCUT2D eigenvalue weighted by Gasteiger charge is 2.69. The molecule has 0 aliphatic heterocycles. The number of fused-ring (bicyclic) bond motifs is 3. The van der Waals surface area contributed by atoms with Crippen LogP contribution in [0.5, 0.6) is 5.75 Å². The van der Waals surface area contributed by atoms with Crippen molar-refractivity contribution in [2.45, 2.75) is 72.4 Å². The van der Waals surface area contributed by atoms with E-state index in [4.69, 9.17) is 5.73 Å². The summed E-state index contributed by atoms with van der Waals surface area (Å²) < 4.78 is 0. The van der Waals surface area contributed by atoms with Gasteiger partial charge in [0.05, 0.1) is 11.5 Å². The minimum Gasteiger partial charge on any atom is -0.507 e. The lowest BCUT2D eigenvalue weighted by Gasteiger charge is -2.52. The summed E-state index contributed by atoms with van der Waals surface area (Å²) in [6, 6.07) is 2.94. The molecule has 0 aromatic heterocycles. The number of rotatable bonds is 6. The Balaban J connectivity index is 1.70. The molecule has 2 unspecified atom stereocenters. The lowest BCUT2D eigenvalue weighted by atomic mass is 9.49. The Morgan fingerprint density at radius 3 is 2.35 bits per heavy atom. The highest BCUT2D eigenvalue weighted by atomic mass is 16.3. The molecule has 0 heterocycles. The first-order valence-electron chi connectivity index (χ1n) is 13.8. The van der Waals surface area contributed by atoms with Gasteiger partial charge in [-0.05, 0) is 53.7 Å². The second-order valence-electron chi connectivity index (χ2n) is 13.1. The Morgan fingerprint density at radius 1 is 1.12 bits per heavy atom. The van der Waals surface area contributed by atoms with E-state index in [1.807, 2.05) is 20.8 Å². The van der Waals surface area contributed by atoms with Gasteiger partial charge in [-0.25, -0.2) is 0 Å². The maximum atomic E-state index is 13.9. The van der Waals surface area contributed by atoms with Crippen LogP contribution in [0.1, 0.15) is 75.4 Å². The number of nitrogens with two attached hydrogens (primary N) is 1. The Labute approximate surface area is 233 Å². The molecule has 1 aromatic carbocycles. The number of hydrogen-bond donors (Lipinski definition) is 4. The number of phenolic OH excluding ortho intramolecular Hbond substituents is 1. The topological polar surface area (TPSA) is 181 Å². The van der Waals surface area contributed by atoms with Gasteiger partial charge < -0.3 is 21.3 Å². The largest absolute Gasteiger partial charge is 0.507 e. The van der Waals surface area contributed by atoms with Gasteiger partial charge in [0.2, 0.25) is 11.8 Å². The van der Waals surface area contributed by atoms with Gasteiger partial charge in [-0.1, -0.05) is 40.7 Å². The van der Waals surface area contributed by atoms with E-state index in [9.17, 15) is 39.0 Å². The second-order valence-corrected chi connectivity index (χ2v) is 13.1. The molecule has 2 amide bonds. The monoisotopic (exact) mass is 554 g/mol. The van der Waals surface area contributed by atoms with Crippen LogP contribution in [-0.4, -0.2) is 50.8 Å². The zero-order valence-corrected chi connectivity index (χ0v) is 23.6. The molecule has 3 aliphatic rings. The zero-order chi connectivity index (χ0) is 29.9. The molecular formula is C30H38N2O8. The van der Waals surface area contributed by atoms with Crippen molar-refractivity contribution in [1.29, 1.82) is 0 Å². The fourth-order valence-corrected chi connectivity index (χ4v) is 6.85. The molecule has 2 fully saturated rings. The molecule has 2 saturated carbocycles. The maximum Gasteiger partial charge on any atom is 0.235 e. The summed E-state index contributed by atoms with van der Waals surface area (Å²) in [6.45, 7) is 9.63. The number of phenols is 1. The first-order chi connectivity index (χ1) is 18.5. The third-order valence-electron chi connectivity index (χ3n) is 8.87. The lowest BCUT2D eigenvalue weighted by molar-refractivity contribution is -0.182. The minimum absolute atomic E-state index is 0.0108. The van der Waals surface area contributed by atoms with Crippen LogP contribution in [0.15, 0.2) is 12.1 Å². The molecule has 0 bridgehead atoms. The van der Waals surface area contributed by atoms with E-state index in [1.54, 1.807) is 19.9 Å². The standard InChI is InChI=1S/C30H38N2O8/c1-13(2)20-17-11-15-10-16-14(12-32-19(34)8-9-29(3,4)5)6-7-18(33)22(16)25(36)21(15)26(37)30(17,40)27(38)23(24(20)35)28(31)39/h6-7,13,15,17,20-21,23,33,40H,8-12H2,1-5H3,(H2,31,39)(H,32,34)/t15-,17-,20-,21?,23?,30-/m0/s1. The molecule has 0 saturated heterocycles. The van der Waals surface area contributed by atoms with E-state index < -0.39 is 70.1 Å². The fraction of sp³-hybridized carbons (Fsp3) is 0.600. The third-order valence-corrected chi connectivity index (χ3v) is 8.87. The third kappa shape index (κ3) is 4.76. The van der Waals surface area contributed by atoms with Gasteiger partial charge >= 0.3 is 0 Å². The first-order valence-corrected chi connectivity index (χ1v) is 13.8. The van der Waals surface area contributed by atoms with E-state index in [-0.39, 0.29) is 42.0 Å². The van der Waals surface area contributed by atoms with Crippen molar-refractivity contribution in [3.63, 3.8) is 0 Å². The zero-order valence-electron chi connectivity index (χ0n) is 23.6. The number of hydrogen-bond acceptors (Lipinski definition) is 8. The predicted molar refractivity (Wildman–Crippen MR) is 143 cm³/mol. The first kappa shape index (κ1) is 29.6. The molecule has 0 radical (unpaired) electrons. The summed E-state index contributed by atoms with van der Waals surface area (Å²) in [4.78, 5) is 78.7. The van der Waals surface area contributed by atoms with Gasteiger partial charge in [0.1, 0.15) is 5.75 Å². The summed E-state index contributed by atoms with van der Waals surface area (Å²) >= 11 is 0. The van der Waals surface area contributed by atoms with Crippen molar-refractivity contribution >= 4 is 34.9 Å². The molecule has 10 heteroatoms. The molecule has 5 N–H and O–H groups in total. The van der Waals surface area contributed by atoms with E-state index >= 15 is 0 Å². The Hall–Kier alpha value is -3.40. The summed E-state index contributed by atoms with van der Waals surface area (Å²) in [7, 11) is 0. The molecule has 40 heavy (non-hydrogen) atoms. The van der Waals surface area contributed by atoms with Crippen molar-refractivity contribution in [3.05, 3.63) is 28.8 Å². The Morgan fingerprint density at radius 2 is 1.77 bits per heavy atom. The number of carbonyl (C=O) groups excluding carboxylic acids is 6. The number of aliphatic hydroxyl groups is 1. The maximum absolute atomic E-state index is 13.9. The average molecular weight is 555 g/mol. The van der Waals surface area contributed by atoms with E-state index in [2.05, 4.69) is 5.32 Å². The highest BCUT2D eigenvalue weighted by molar-refractivity contribution is 6.31. The van der Waals surface area contributed by atoms with Gasteiger partial charge in [0, 0.05) is 24.8 Å². The molecule has 3 aliphatic carbocycles. The predicted octanol–water partition coefficient (Wildman–Crippen LogP) is 1.65. The van der Waals surface area contributed by atoms with Crippen molar-refractivity contribution < 1.29 is 39.0 Å².